The van der Waals surface area contributed by atoms with Crippen molar-refractivity contribution in [2.75, 3.05) is 7.11 Å². The summed E-state index contributed by atoms with van der Waals surface area (Å²) in [6.07, 6.45) is -3.59. The van der Waals surface area contributed by atoms with E-state index in [1.165, 1.54) is 12.5 Å². The second-order valence-electron chi connectivity index (χ2n) is 13.0. The summed E-state index contributed by atoms with van der Waals surface area (Å²) in [5.74, 6) is -5.35. The lowest BCUT2D eigenvalue weighted by Crippen LogP contribution is -2.78. The van der Waals surface area contributed by atoms with E-state index in [0.717, 1.165) is 7.11 Å². The van der Waals surface area contributed by atoms with Gasteiger partial charge in [0.05, 0.1) is 43.9 Å². The lowest BCUT2D eigenvalue weighted by Gasteiger charge is -2.66. The molecule has 11 heteroatoms. The van der Waals surface area contributed by atoms with Crippen LogP contribution in [0, 0.1) is 34.0 Å². The molecule has 0 aromatic carbocycles. The Labute approximate surface area is 219 Å². The molecule has 13 atom stereocenters. The van der Waals surface area contributed by atoms with Crippen molar-refractivity contribution in [1.82, 2.24) is 0 Å². The molecule has 1 aromatic rings. The third-order valence-corrected chi connectivity index (χ3v) is 11.9. The fourth-order valence-electron chi connectivity index (χ4n) is 10.4. The van der Waals surface area contributed by atoms with Gasteiger partial charge in [-0.15, -0.1) is 0 Å². The number of hydrogen-bond donors (Lipinski definition) is 6. The summed E-state index contributed by atoms with van der Waals surface area (Å²) in [5.41, 5.74) is -10.0. The van der Waals surface area contributed by atoms with Crippen molar-refractivity contribution < 1.29 is 54.1 Å². The summed E-state index contributed by atoms with van der Waals surface area (Å²) in [4.78, 5) is 25.7. The molecule has 11 nitrogen and oxygen atoms in total. The van der Waals surface area contributed by atoms with E-state index >= 15 is 0 Å². The molecular formula is C27H36O11. The van der Waals surface area contributed by atoms with Crippen molar-refractivity contribution in [3.8, 4) is 0 Å². The van der Waals surface area contributed by atoms with Gasteiger partial charge in [-0.05, 0) is 31.2 Å². The van der Waals surface area contributed by atoms with E-state index in [0.29, 0.717) is 5.56 Å². The van der Waals surface area contributed by atoms with Crippen LogP contribution in [0.4, 0.5) is 0 Å². The van der Waals surface area contributed by atoms with Gasteiger partial charge in [0, 0.05) is 33.6 Å². The number of hydrogen-bond acceptors (Lipinski definition) is 11. The van der Waals surface area contributed by atoms with Gasteiger partial charge in [0.15, 0.2) is 6.10 Å². The number of rotatable bonds is 3. The quantitative estimate of drug-likeness (QED) is 0.281. The Morgan fingerprint density at radius 2 is 1.87 bits per heavy atom. The molecule has 0 spiro atoms. The standard InChI is InChI=1S/C27H36O11/c1-22-11-25(33)18(15(29)19(22)31)27(35)13(24(25,3)17(22)16(30)21(32)36-4)5-7-23(2)20(12-6-8-37-10-12)38-14(28)9-26(23,27)34/h6,8,10,13,15-20,29-31,33-35H,5,7,9,11H2,1-4H3/t13?,15-,16+,17+,18-,19-,20+,22-,23+,24-,25+,26-,27+/m1/s1. The summed E-state index contributed by atoms with van der Waals surface area (Å²) in [6.45, 7) is 4.93. The highest BCUT2D eigenvalue weighted by Crippen LogP contribution is 2.82. The second-order valence-corrected chi connectivity index (χ2v) is 13.0. The molecule has 5 aliphatic rings. The van der Waals surface area contributed by atoms with E-state index in [4.69, 9.17) is 13.9 Å². The molecule has 4 saturated carbocycles. The SMILES string of the molecule is COC(=O)[C@@H](O)[C@H]1[C@@]2(C)C[C@]3(O)[C@@H]([C@@H](O)[C@H]2O)[C@@]2(O)C(CC[C@@]4(C)[C@H](c5ccoc5)OC(=O)C[C@@]42O)[C@]13C. The van der Waals surface area contributed by atoms with Gasteiger partial charge in [-0.1, -0.05) is 20.8 Å². The van der Waals surface area contributed by atoms with E-state index < -0.39 is 93.6 Å². The van der Waals surface area contributed by atoms with Crippen LogP contribution >= 0.6 is 0 Å². The maximum absolute atomic E-state index is 13.0. The lowest BCUT2D eigenvalue weighted by atomic mass is 9.44. The van der Waals surface area contributed by atoms with Gasteiger partial charge in [-0.25, -0.2) is 4.79 Å². The van der Waals surface area contributed by atoms with Gasteiger partial charge in [0.2, 0.25) is 0 Å². The van der Waals surface area contributed by atoms with Crippen molar-refractivity contribution >= 4 is 11.9 Å². The first kappa shape index (κ1) is 26.2. The Morgan fingerprint density at radius 3 is 2.47 bits per heavy atom. The van der Waals surface area contributed by atoms with Crippen LogP contribution in [0.25, 0.3) is 0 Å². The minimum absolute atomic E-state index is 0.153. The number of fused-ring (bicyclic) bond motifs is 6. The third kappa shape index (κ3) is 2.44. The molecule has 1 aromatic heterocycles. The molecule has 1 aliphatic heterocycles. The molecule has 0 amide bonds. The first-order valence-electron chi connectivity index (χ1n) is 13.1. The molecule has 6 N–H and O–H groups in total. The van der Waals surface area contributed by atoms with E-state index in [9.17, 15) is 40.2 Å². The monoisotopic (exact) mass is 536 g/mol. The fraction of sp³-hybridized carbons (Fsp3) is 0.778. The number of cyclic esters (lactones) is 1. The zero-order chi connectivity index (χ0) is 27.8. The first-order chi connectivity index (χ1) is 17.6. The maximum atomic E-state index is 13.0. The number of esters is 2. The number of carbonyl (C=O) groups is 2. The van der Waals surface area contributed by atoms with Crippen molar-refractivity contribution in [3.05, 3.63) is 24.2 Å². The Kier molecular flexibility index (Phi) is 5.09. The van der Waals surface area contributed by atoms with Gasteiger partial charge in [0.25, 0.3) is 0 Å². The predicted octanol–water partition coefficient (Wildman–Crippen LogP) is -0.191. The summed E-state index contributed by atoms with van der Waals surface area (Å²) in [5, 5.41) is 72.2. The maximum Gasteiger partial charge on any atom is 0.335 e. The first-order valence-corrected chi connectivity index (χ1v) is 13.1. The Morgan fingerprint density at radius 1 is 1.18 bits per heavy atom. The largest absolute Gasteiger partial charge is 0.472 e. The molecule has 38 heavy (non-hydrogen) atoms. The van der Waals surface area contributed by atoms with Crippen LogP contribution in [0.3, 0.4) is 0 Å². The summed E-state index contributed by atoms with van der Waals surface area (Å²) in [7, 11) is 1.11. The molecule has 6 rings (SSSR count). The summed E-state index contributed by atoms with van der Waals surface area (Å²) in [6, 6.07) is 1.61. The van der Waals surface area contributed by atoms with E-state index in [1.54, 1.807) is 26.8 Å². The lowest BCUT2D eigenvalue weighted by molar-refractivity contribution is -0.335. The summed E-state index contributed by atoms with van der Waals surface area (Å²) >= 11 is 0. The summed E-state index contributed by atoms with van der Waals surface area (Å²) < 4.78 is 15.7. The molecule has 2 bridgehead atoms. The van der Waals surface area contributed by atoms with Gasteiger partial charge in [-0.3, -0.25) is 4.79 Å². The minimum Gasteiger partial charge on any atom is -0.472 e. The molecule has 4 aliphatic carbocycles. The van der Waals surface area contributed by atoms with E-state index in [2.05, 4.69) is 0 Å². The van der Waals surface area contributed by atoms with Crippen LogP contribution in [0.2, 0.25) is 0 Å². The molecule has 1 saturated heterocycles. The van der Waals surface area contributed by atoms with Crippen LogP contribution in [0.5, 0.6) is 0 Å². The number of aliphatic hydroxyl groups excluding tert-OH is 3. The average Bonchev–Trinajstić information content (AvgIpc) is 3.46. The Bertz CT molecular complexity index is 1190. The zero-order valence-electron chi connectivity index (χ0n) is 21.8. The van der Waals surface area contributed by atoms with Crippen LogP contribution in [0.1, 0.15) is 58.1 Å². The van der Waals surface area contributed by atoms with Crippen molar-refractivity contribution in [1.29, 1.82) is 0 Å². The van der Waals surface area contributed by atoms with Gasteiger partial charge in [0.1, 0.15) is 17.3 Å². The zero-order valence-corrected chi connectivity index (χ0v) is 21.8. The topological polar surface area (TPSA) is 187 Å². The molecule has 210 valence electrons. The van der Waals surface area contributed by atoms with Gasteiger partial charge >= 0.3 is 11.9 Å². The predicted molar refractivity (Wildman–Crippen MR) is 126 cm³/mol. The second kappa shape index (κ2) is 7.38. The third-order valence-electron chi connectivity index (χ3n) is 11.9. The normalized spacial score (nSPS) is 55.6. The molecule has 0 radical (unpaired) electrons. The van der Waals surface area contributed by atoms with Crippen molar-refractivity contribution in [2.45, 2.75) is 87.7 Å². The number of aliphatic hydroxyl groups is 6. The van der Waals surface area contributed by atoms with Crippen LogP contribution in [-0.2, 0) is 19.1 Å². The molecule has 5 fully saturated rings. The number of methoxy groups -OCH3 is 1. The van der Waals surface area contributed by atoms with Crippen LogP contribution in [-0.4, -0.2) is 84.8 Å². The molecular weight excluding hydrogens is 500 g/mol. The number of carbonyl (C=O) groups excluding carboxylic acids is 2. The molecule has 2 heterocycles. The Hall–Kier alpha value is -2.02. The number of ether oxygens (including phenoxy) is 2. The van der Waals surface area contributed by atoms with Crippen LogP contribution < -0.4 is 0 Å². The van der Waals surface area contributed by atoms with Gasteiger partial charge in [-0.2, -0.15) is 0 Å². The average molecular weight is 537 g/mol. The van der Waals surface area contributed by atoms with E-state index in [1.807, 2.05) is 0 Å². The van der Waals surface area contributed by atoms with Crippen molar-refractivity contribution in [2.24, 2.45) is 34.0 Å². The van der Waals surface area contributed by atoms with E-state index in [-0.39, 0.29) is 19.3 Å². The highest BCUT2D eigenvalue weighted by Gasteiger charge is 2.91. The molecule has 1 unspecified atom stereocenters. The Balaban J connectivity index is 1.60. The number of furan rings is 1. The highest BCUT2D eigenvalue weighted by atomic mass is 16.6. The fourth-order valence-corrected chi connectivity index (χ4v) is 10.4. The van der Waals surface area contributed by atoms with Gasteiger partial charge < -0.3 is 44.5 Å². The van der Waals surface area contributed by atoms with Crippen molar-refractivity contribution in [3.63, 3.8) is 0 Å². The smallest absolute Gasteiger partial charge is 0.335 e. The highest BCUT2D eigenvalue weighted by molar-refractivity contribution is 5.76. The minimum atomic E-state index is -2.30. The van der Waals surface area contributed by atoms with Crippen LogP contribution in [0.15, 0.2) is 23.0 Å².